The van der Waals surface area contributed by atoms with Crippen molar-refractivity contribution in [2.45, 2.75) is 39.4 Å². The fraction of sp³-hybridized carbons (Fsp3) is 0.409. The molecule has 0 aliphatic rings. The maximum Gasteiger partial charge on any atom is 0.230 e. The van der Waals surface area contributed by atoms with Gasteiger partial charge in [-0.1, -0.05) is 61.4 Å². The van der Waals surface area contributed by atoms with Crippen molar-refractivity contribution < 1.29 is 9.53 Å². The lowest BCUT2D eigenvalue weighted by atomic mass is 10.0. The molecule has 2 aromatic carbocycles. The fourth-order valence-electron chi connectivity index (χ4n) is 2.91. The van der Waals surface area contributed by atoms with Crippen LogP contribution in [0.2, 0.25) is 0 Å². The van der Waals surface area contributed by atoms with E-state index in [1.54, 1.807) is 11.8 Å². The summed E-state index contributed by atoms with van der Waals surface area (Å²) in [5.41, 5.74) is 5.00. The molecule has 4 heteroatoms. The molecular formula is C22H29NO2S. The highest BCUT2D eigenvalue weighted by molar-refractivity contribution is 7.99. The summed E-state index contributed by atoms with van der Waals surface area (Å²) in [6, 6.07) is 14.6. The van der Waals surface area contributed by atoms with E-state index in [9.17, 15) is 4.79 Å². The van der Waals surface area contributed by atoms with Gasteiger partial charge in [-0.15, -0.1) is 11.8 Å². The van der Waals surface area contributed by atoms with E-state index in [1.807, 2.05) is 18.2 Å². The van der Waals surface area contributed by atoms with Crippen molar-refractivity contribution in [1.29, 1.82) is 0 Å². The van der Waals surface area contributed by atoms with Crippen molar-refractivity contribution in [2.24, 2.45) is 0 Å². The second-order valence-corrected chi connectivity index (χ2v) is 7.87. The van der Waals surface area contributed by atoms with Crippen molar-refractivity contribution in [2.75, 3.05) is 18.9 Å². The van der Waals surface area contributed by atoms with E-state index in [0.29, 0.717) is 24.8 Å². The number of aryl methyl sites for hydroxylation is 2. The first-order valence-electron chi connectivity index (χ1n) is 9.09. The van der Waals surface area contributed by atoms with Crippen LogP contribution >= 0.6 is 11.8 Å². The zero-order valence-electron chi connectivity index (χ0n) is 16.2. The molecule has 140 valence electrons. The number of carbonyl (C=O) groups is 1. The van der Waals surface area contributed by atoms with Crippen LogP contribution in [0.15, 0.2) is 42.5 Å². The van der Waals surface area contributed by atoms with Crippen LogP contribution in [-0.2, 0) is 10.5 Å². The van der Waals surface area contributed by atoms with Crippen molar-refractivity contribution in [3.05, 3.63) is 64.7 Å². The molecule has 2 rings (SSSR count). The summed E-state index contributed by atoms with van der Waals surface area (Å²) in [6.45, 7) is 9.51. The molecule has 0 saturated carbocycles. The number of ether oxygens (including phenoxy) is 1. The third-order valence-corrected chi connectivity index (χ3v) is 5.01. The van der Waals surface area contributed by atoms with Gasteiger partial charge in [-0.25, -0.2) is 0 Å². The average molecular weight is 372 g/mol. The smallest absolute Gasteiger partial charge is 0.230 e. The topological polar surface area (TPSA) is 38.3 Å². The van der Waals surface area contributed by atoms with Crippen molar-refractivity contribution in [3.8, 4) is 5.75 Å². The molecule has 0 aliphatic heterocycles. The van der Waals surface area contributed by atoms with Gasteiger partial charge in [0.05, 0.1) is 12.3 Å². The quantitative estimate of drug-likeness (QED) is 0.640. The minimum atomic E-state index is 0.0557. The first-order chi connectivity index (χ1) is 12.5. The molecule has 0 atom stereocenters. The van der Waals surface area contributed by atoms with Crippen LogP contribution in [0.25, 0.3) is 0 Å². The number of hydrogen-bond donors (Lipinski definition) is 1. The molecule has 0 fully saturated rings. The lowest BCUT2D eigenvalue weighted by Gasteiger charge is -2.14. The molecule has 0 radical (unpaired) electrons. The van der Waals surface area contributed by atoms with E-state index in [4.69, 9.17) is 4.74 Å². The largest absolute Gasteiger partial charge is 0.491 e. The third kappa shape index (κ3) is 6.75. The summed E-state index contributed by atoms with van der Waals surface area (Å²) in [5.74, 6) is 2.70. The van der Waals surface area contributed by atoms with E-state index in [1.165, 1.54) is 22.3 Å². The summed E-state index contributed by atoms with van der Waals surface area (Å²) in [4.78, 5) is 12.0. The molecule has 1 amide bonds. The molecule has 0 bridgehead atoms. The minimum Gasteiger partial charge on any atom is -0.491 e. The Morgan fingerprint density at radius 1 is 1.12 bits per heavy atom. The van der Waals surface area contributed by atoms with Crippen LogP contribution in [0.1, 0.15) is 42.0 Å². The van der Waals surface area contributed by atoms with Gasteiger partial charge in [0.1, 0.15) is 12.4 Å². The first-order valence-corrected chi connectivity index (χ1v) is 10.2. The lowest BCUT2D eigenvalue weighted by Crippen LogP contribution is -2.29. The number of rotatable bonds is 9. The molecule has 0 heterocycles. The van der Waals surface area contributed by atoms with Gasteiger partial charge in [0.15, 0.2) is 0 Å². The number of benzene rings is 2. The Bertz CT molecular complexity index is 708. The van der Waals surface area contributed by atoms with E-state index in [0.717, 1.165) is 11.5 Å². The number of amides is 1. The predicted molar refractivity (Wildman–Crippen MR) is 111 cm³/mol. The number of thioether (sulfide) groups is 1. The van der Waals surface area contributed by atoms with E-state index in [2.05, 4.69) is 57.3 Å². The summed E-state index contributed by atoms with van der Waals surface area (Å²) < 4.78 is 5.83. The molecule has 1 N–H and O–H groups in total. The van der Waals surface area contributed by atoms with E-state index < -0.39 is 0 Å². The first kappa shape index (κ1) is 20.4. The minimum absolute atomic E-state index is 0.0557. The Hall–Kier alpha value is -1.94. The second kappa shape index (κ2) is 10.3. The van der Waals surface area contributed by atoms with Crippen LogP contribution in [0.3, 0.4) is 0 Å². The Morgan fingerprint density at radius 3 is 2.50 bits per heavy atom. The standard InChI is InChI=1S/C22H29NO2S/c1-16(2)20-7-5-6-8-21(20)25-10-9-23-22(24)15-26-14-19-12-17(3)11-18(4)13-19/h5-8,11-13,16H,9-10,14-15H2,1-4H3,(H,23,24). The maximum atomic E-state index is 12.0. The third-order valence-electron chi connectivity index (χ3n) is 4.01. The molecule has 0 spiro atoms. The second-order valence-electron chi connectivity index (χ2n) is 6.88. The Balaban J connectivity index is 1.66. The van der Waals surface area contributed by atoms with E-state index >= 15 is 0 Å². The summed E-state index contributed by atoms with van der Waals surface area (Å²) in [5, 5.41) is 2.93. The highest BCUT2D eigenvalue weighted by Gasteiger charge is 2.07. The summed E-state index contributed by atoms with van der Waals surface area (Å²) >= 11 is 1.64. The average Bonchev–Trinajstić information content (AvgIpc) is 2.58. The normalized spacial score (nSPS) is 10.8. The van der Waals surface area contributed by atoms with Crippen LogP contribution < -0.4 is 10.1 Å². The van der Waals surface area contributed by atoms with Gasteiger partial charge >= 0.3 is 0 Å². The number of carbonyl (C=O) groups excluding carboxylic acids is 1. The van der Waals surface area contributed by atoms with Crippen LogP contribution in [0.4, 0.5) is 0 Å². The van der Waals surface area contributed by atoms with Gasteiger partial charge in [-0.2, -0.15) is 0 Å². The zero-order valence-corrected chi connectivity index (χ0v) is 17.0. The molecular weight excluding hydrogens is 342 g/mol. The van der Waals surface area contributed by atoms with Crippen molar-refractivity contribution in [3.63, 3.8) is 0 Å². The Labute approximate surface area is 161 Å². The van der Waals surface area contributed by atoms with Gasteiger partial charge in [0.2, 0.25) is 5.91 Å². The molecule has 0 aliphatic carbocycles. The monoisotopic (exact) mass is 371 g/mol. The van der Waals surface area contributed by atoms with Gasteiger partial charge in [-0.3, -0.25) is 4.79 Å². The highest BCUT2D eigenvalue weighted by atomic mass is 32.2. The Kier molecular flexibility index (Phi) is 8.05. The maximum absolute atomic E-state index is 12.0. The van der Waals surface area contributed by atoms with Crippen molar-refractivity contribution in [1.82, 2.24) is 5.32 Å². The predicted octanol–water partition coefficient (Wildman–Crippen LogP) is 4.86. The van der Waals surface area contributed by atoms with Gasteiger partial charge in [0, 0.05) is 5.75 Å². The van der Waals surface area contributed by atoms with Crippen LogP contribution in [0, 0.1) is 13.8 Å². The number of hydrogen-bond acceptors (Lipinski definition) is 3. The van der Waals surface area contributed by atoms with Gasteiger partial charge in [-0.05, 0) is 37.0 Å². The lowest BCUT2D eigenvalue weighted by molar-refractivity contribution is -0.118. The van der Waals surface area contributed by atoms with Crippen LogP contribution in [-0.4, -0.2) is 24.8 Å². The summed E-state index contributed by atoms with van der Waals surface area (Å²) in [7, 11) is 0. The molecule has 0 saturated heterocycles. The fourth-order valence-corrected chi connectivity index (χ4v) is 3.70. The number of para-hydroxylation sites is 1. The van der Waals surface area contributed by atoms with E-state index in [-0.39, 0.29) is 5.91 Å². The number of nitrogens with one attached hydrogen (secondary N) is 1. The molecule has 0 unspecified atom stereocenters. The molecule has 3 nitrogen and oxygen atoms in total. The molecule has 0 aromatic heterocycles. The molecule has 2 aromatic rings. The Morgan fingerprint density at radius 2 is 1.81 bits per heavy atom. The highest BCUT2D eigenvalue weighted by Crippen LogP contribution is 2.25. The van der Waals surface area contributed by atoms with Crippen molar-refractivity contribution >= 4 is 17.7 Å². The van der Waals surface area contributed by atoms with Gasteiger partial charge in [0.25, 0.3) is 0 Å². The SMILES string of the molecule is Cc1cc(C)cc(CSCC(=O)NCCOc2ccccc2C(C)C)c1. The summed E-state index contributed by atoms with van der Waals surface area (Å²) in [6.07, 6.45) is 0. The molecule has 26 heavy (non-hydrogen) atoms. The zero-order chi connectivity index (χ0) is 18.9. The van der Waals surface area contributed by atoms with Crippen LogP contribution in [0.5, 0.6) is 5.75 Å². The van der Waals surface area contributed by atoms with Gasteiger partial charge < -0.3 is 10.1 Å².